The summed E-state index contributed by atoms with van der Waals surface area (Å²) in [6.07, 6.45) is -1.38. The standard InChI is InChI=1S/C23H20F2N2O5S/c1-27(33(30,31)20-13-9-18(25)10-14-20)15-21(28)32-22(16-5-3-2-4-6-16)23(29)26-19-11-7-17(24)8-12-19/h2-14,22H,15H2,1H3,(H,26,29). The van der Waals surface area contributed by atoms with E-state index in [9.17, 15) is 26.8 Å². The maximum Gasteiger partial charge on any atom is 0.322 e. The number of carbonyl (C=O) groups is 2. The first-order valence-corrected chi connectivity index (χ1v) is 11.1. The first-order chi connectivity index (χ1) is 15.7. The van der Waals surface area contributed by atoms with Gasteiger partial charge in [-0.25, -0.2) is 17.2 Å². The molecule has 7 nitrogen and oxygen atoms in total. The van der Waals surface area contributed by atoms with Gasteiger partial charge >= 0.3 is 5.97 Å². The molecular formula is C23H20F2N2O5S. The highest BCUT2D eigenvalue weighted by atomic mass is 32.2. The first kappa shape index (κ1) is 24.0. The Labute approximate surface area is 189 Å². The molecule has 0 saturated heterocycles. The predicted molar refractivity (Wildman–Crippen MR) is 117 cm³/mol. The summed E-state index contributed by atoms with van der Waals surface area (Å²) in [5, 5.41) is 2.54. The molecule has 0 spiro atoms. The van der Waals surface area contributed by atoms with Gasteiger partial charge in [0.25, 0.3) is 5.91 Å². The molecule has 3 aromatic rings. The van der Waals surface area contributed by atoms with E-state index in [0.717, 1.165) is 47.8 Å². The van der Waals surface area contributed by atoms with E-state index in [1.54, 1.807) is 30.3 Å². The molecule has 10 heteroatoms. The Hall–Kier alpha value is -3.63. The second-order valence-electron chi connectivity index (χ2n) is 6.99. The third-order valence-electron chi connectivity index (χ3n) is 4.58. The summed E-state index contributed by atoms with van der Waals surface area (Å²) in [5.41, 5.74) is 0.642. The van der Waals surface area contributed by atoms with E-state index >= 15 is 0 Å². The van der Waals surface area contributed by atoms with Gasteiger partial charge in [-0.05, 0) is 48.5 Å². The van der Waals surface area contributed by atoms with Crippen LogP contribution < -0.4 is 5.32 Å². The van der Waals surface area contributed by atoms with Crippen molar-refractivity contribution in [3.8, 4) is 0 Å². The zero-order valence-electron chi connectivity index (χ0n) is 17.4. The van der Waals surface area contributed by atoms with Crippen molar-refractivity contribution in [2.75, 3.05) is 18.9 Å². The summed E-state index contributed by atoms with van der Waals surface area (Å²) in [4.78, 5) is 25.2. The van der Waals surface area contributed by atoms with Crippen molar-refractivity contribution >= 4 is 27.6 Å². The van der Waals surface area contributed by atoms with E-state index in [2.05, 4.69) is 5.32 Å². The van der Waals surface area contributed by atoms with Crippen LogP contribution >= 0.6 is 0 Å². The molecule has 1 amide bonds. The zero-order valence-corrected chi connectivity index (χ0v) is 18.3. The van der Waals surface area contributed by atoms with Gasteiger partial charge in [0.15, 0.2) is 0 Å². The number of esters is 1. The highest BCUT2D eigenvalue weighted by Gasteiger charge is 2.28. The topological polar surface area (TPSA) is 92.8 Å². The zero-order chi connectivity index (χ0) is 24.0. The Morgan fingerprint density at radius 1 is 0.909 bits per heavy atom. The van der Waals surface area contributed by atoms with Gasteiger partial charge in [0.2, 0.25) is 16.1 Å². The van der Waals surface area contributed by atoms with Gasteiger partial charge in [-0.3, -0.25) is 9.59 Å². The molecule has 0 heterocycles. The molecule has 0 fully saturated rings. The molecule has 0 aliphatic rings. The fourth-order valence-electron chi connectivity index (χ4n) is 2.86. The normalized spacial score (nSPS) is 12.2. The molecule has 0 aliphatic carbocycles. The number of nitrogens with one attached hydrogen (secondary N) is 1. The van der Waals surface area contributed by atoms with E-state index in [0.29, 0.717) is 5.56 Å². The van der Waals surface area contributed by atoms with Gasteiger partial charge < -0.3 is 10.1 Å². The van der Waals surface area contributed by atoms with Crippen molar-refractivity contribution in [3.63, 3.8) is 0 Å². The first-order valence-electron chi connectivity index (χ1n) is 9.69. The van der Waals surface area contributed by atoms with Crippen molar-refractivity contribution in [1.82, 2.24) is 4.31 Å². The second kappa shape index (κ2) is 10.3. The lowest BCUT2D eigenvalue weighted by Crippen LogP contribution is -2.35. The summed E-state index contributed by atoms with van der Waals surface area (Å²) >= 11 is 0. The van der Waals surface area contributed by atoms with Crippen LogP contribution in [0.25, 0.3) is 0 Å². The molecule has 0 radical (unpaired) electrons. The fraction of sp³-hybridized carbons (Fsp3) is 0.130. The predicted octanol–water partition coefficient (Wildman–Crippen LogP) is 3.51. The van der Waals surface area contributed by atoms with E-state index in [1.807, 2.05) is 0 Å². The molecule has 3 aromatic carbocycles. The van der Waals surface area contributed by atoms with E-state index < -0.39 is 46.2 Å². The Kier molecular flexibility index (Phi) is 7.52. The Bertz CT molecular complexity index is 1220. The SMILES string of the molecule is CN(CC(=O)OC(C(=O)Nc1ccc(F)cc1)c1ccccc1)S(=O)(=O)c1ccc(F)cc1. The number of nitrogens with zero attached hydrogens (tertiary/aromatic N) is 1. The van der Waals surface area contributed by atoms with Gasteiger partial charge in [-0.15, -0.1) is 0 Å². The summed E-state index contributed by atoms with van der Waals surface area (Å²) in [6, 6.07) is 17.3. The number of ether oxygens (including phenoxy) is 1. The van der Waals surface area contributed by atoms with Crippen LogP contribution in [0, 0.1) is 11.6 Å². The largest absolute Gasteiger partial charge is 0.446 e. The number of hydrogen-bond acceptors (Lipinski definition) is 5. The van der Waals surface area contributed by atoms with Crippen molar-refractivity contribution in [3.05, 3.63) is 96.1 Å². The molecule has 172 valence electrons. The molecule has 0 aromatic heterocycles. The average molecular weight is 474 g/mol. The number of hydrogen-bond donors (Lipinski definition) is 1. The van der Waals surface area contributed by atoms with Crippen LogP contribution in [0.5, 0.6) is 0 Å². The number of carbonyl (C=O) groups excluding carboxylic acids is 2. The van der Waals surface area contributed by atoms with Crippen molar-refractivity contribution < 1.29 is 31.5 Å². The minimum Gasteiger partial charge on any atom is -0.446 e. The lowest BCUT2D eigenvalue weighted by atomic mass is 10.1. The van der Waals surface area contributed by atoms with Crippen molar-refractivity contribution in [2.24, 2.45) is 0 Å². The highest BCUT2D eigenvalue weighted by molar-refractivity contribution is 7.89. The van der Waals surface area contributed by atoms with Crippen LogP contribution in [0.1, 0.15) is 11.7 Å². The van der Waals surface area contributed by atoms with Crippen LogP contribution in [0.3, 0.4) is 0 Å². The minimum atomic E-state index is -4.09. The maximum atomic E-state index is 13.1. The second-order valence-corrected chi connectivity index (χ2v) is 9.04. The average Bonchev–Trinajstić information content (AvgIpc) is 2.79. The molecule has 1 unspecified atom stereocenters. The lowest BCUT2D eigenvalue weighted by molar-refractivity contribution is -0.154. The molecule has 1 atom stereocenters. The monoisotopic (exact) mass is 474 g/mol. The maximum absolute atomic E-state index is 13.1. The number of sulfonamides is 1. The van der Waals surface area contributed by atoms with Gasteiger partial charge in [0.05, 0.1) is 4.90 Å². The number of rotatable bonds is 8. The lowest BCUT2D eigenvalue weighted by Gasteiger charge is -2.21. The van der Waals surface area contributed by atoms with Crippen molar-refractivity contribution in [1.29, 1.82) is 0 Å². The van der Waals surface area contributed by atoms with E-state index in [1.165, 1.54) is 12.1 Å². The fourth-order valence-corrected chi connectivity index (χ4v) is 3.98. The van der Waals surface area contributed by atoms with Crippen molar-refractivity contribution in [2.45, 2.75) is 11.0 Å². The van der Waals surface area contributed by atoms with Crippen LogP contribution in [0.2, 0.25) is 0 Å². The minimum absolute atomic E-state index is 0.201. The molecule has 33 heavy (non-hydrogen) atoms. The van der Waals surface area contributed by atoms with Crippen LogP contribution in [0.15, 0.2) is 83.8 Å². The van der Waals surface area contributed by atoms with Gasteiger partial charge in [-0.1, -0.05) is 30.3 Å². The molecule has 0 saturated carbocycles. The third-order valence-corrected chi connectivity index (χ3v) is 6.39. The number of amides is 1. The third kappa shape index (κ3) is 6.21. The van der Waals surface area contributed by atoms with Gasteiger partial charge in [-0.2, -0.15) is 4.31 Å². The summed E-state index contributed by atoms with van der Waals surface area (Å²) in [7, 11) is -2.93. The van der Waals surface area contributed by atoms with E-state index in [-0.39, 0.29) is 10.6 Å². The number of benzene rings is 3. The summed E-state index contributed by atoms with van der Waals surface area (Å²) in [5.74, 6) is -2.77. The molecule has 0 bridgehead atoms. The smallest absolute Gasteiger partial charge is 0.322 e. The highest BCUT2D eigenvalue weighted by Crippen LogP contribution is 2.21. The Morgan fingerprint density at radius 3 is 2.03 bits per heavy atom. The van der Waals surface area contributed by atoms with Crippen LogP contribution in [0.4, 0.5) is 14.5 Å². The van der Waals surface area contributed by atoms with Gasteiger partial charge in [0.1, 0.15) is 18.2 Å². The quantitative estimate of drug-likeness (QED) is 0.505. The van der Waals surface area contributed by atoms with Crippen LogP contribution in [-0.4, -0.2) is 38.2 Å². The summed E-state index contributed by atoms with van der Waals surface area (Å²) in [6.45, 7) is -0.688. The Balaban J connectivity index is 1.75. The molecule has 1 N–H and O–H groups in total. The number of likely N-dealkylation sites (N-methyl/N-ethyl adjacent to an activating group) is 1. The van der Waals surface area contributed by atoms with Crippen LogP contribution in [-0.2, 0) is 24.3 Å². The molecule has 3 rings (SSSR count). The van der Waals surface area contributed by atoms with Gasteiger partial charge in [0, 0.05) is 18.3 Å². The Morgan fingerprint density at radius 2 is 1.45 bits per heavy atom. The number of anilines is 1. The molecular weight excluding hydrogens is 454 g/mol. The number of halogens is 2. The summed E-state index contributed by atoms with van der Waals surface area (Å²) < 4.78 is 57.5. The van der Waals surface area contributed by atoms with E-state index in [4.69, 9.17) is 4.74 Å². The molecule has 0 aliphatic heterocycles.